The fourth-order valence-electron chi connectivity index (χ4n) is 11.7. The van der Waals surface area contributed by atoms with Gasteiger partial charge in [-0.25, -0.2) is 0 Å². The zero-order chi connectivity index (χ0) is 51.0. The number of hydrogen-bond donors (Lipinski definition) is 3. The molecule has 0 radical (unpaired) electrons. The van der Waals surface area contributed by atoms with E-state index in [2.05, 4.69) is 269 Å². The molecule has 0 saturated carbocycles. The molecule has 364 valence electrons. The standard InChI is InChI=1S/C44H39N3.C28H22/c1-44(2)40-24-29(18-20-37(40)38-21-19-33(43(45)46)26-41(38)44)27-47-42-17-8-4-12-32(42)23-28-10-9-13-30(22-28)39-25-31-11-3-5-14-34(31)35-15-6-7-16-36(35)39;1-20-9-2-3-11-22(20)17-21-10-8-13-23(18-21)28-19-24-12-4-5-14-25(24)26-15-6-7-16-27(26)28/h3-22,24-26,43,47H,23,27,45-46H2,1-2H3;2-16,18-19H,17H2,1H3. The first-order chi connectivity index (χ1) is 36.7. The van der Waals surface area contributed by atoms with E-state index in [0.29, 0.717) is 0 Å². The molecule has 0 fully saturated rings. The second-order valence-electron chi connectivity index (χ2n) is 20.9. The van der Waals surface area contributed by atoms with Gasteiger partial charge in [-0.2, -0.15) is 0 Å². The van der Waals surface area contributed by atoms with Crippen molar-refractivity contribution in [2.24, 2.45) is 11.5 Å². The first-order valence-electron chi connectivity index (χ1n) is 26.3. The summed E-state index contributed by atoms with van der Waals surface area (Å²) < 4.78 is 0. The van der Waals surface area contributed by atoms with Crippen LogP contribution in [0.15, 0.2) is 243 Å². The first kappa shape index (κ1) is 47.4. The summed E-state index contributed by atoms with van der Waals surface area (Å²) >= 11 is 0. The number of para-hydroxylation sites is 1. The molecule has 75 heavy (non-hydrogen) atoms. The number of hydrogen-bond acceptors (Lipinski definition) is 3. The third-order valence-corrected chi connectivity index (χ3v) is 15.7. The fourth-order valence-corrected chi connectivity index (χ4v) is 11.7. The molecule has 0 amide bonds. The average molecular weight is 968 g/mol. The molecule has 0 unspecified atom stereocenters. The predicted molar refractivity (Wildman–Crippen MR) is 319 cm³/mol. The lowest BCUT2D eigenvalue weighted by molar-refractivity contribution is 0.655. The number of benzene rings is 12. The van der Waals surface area contributed by atoms with E-state index in [4.69, 9.17) is 11.5 Å². The van der Waals surface area contributed by atoms with Crippen LogP contribution < -0.4 is 16.8 Å². The van der Waals surface area contributed by atoms with Gasteiger partial charge in [0, 0.05) is 17.6 Å². The summed E-state index contributed by atoms with van der Waals surface area (Å²) in [6.07, 6.45) is 1.34. The van der Waals surface area contributed by atoms with E-state index in [1.807, 2.05) is 0 Å². The van der Waals surface area contributed by atoms with E-state index in [-0.39, 0.29) is 5.41 Å². The monoisotopic (exact) mass is 967 g/mol. The Bertz CT molecular complexity index is 4100. The molecule has 12 aromatic rings. The highest BCUT2D eigenvalue weighted by Gasteiger charge is 2.36. The minimum Gasteiger partial charge on any atom is -0.381 e. The molecular formula is C72H61N3. The highest BCUT2D eigenvalue weighted by Crippen LogP contribution is 2.49. The van der Waals surface area contributed by atoms with Crippen LogP contribution in [-0.4, -0.2) is 0 Å². The van der Waals surface area contributed by atoms with Crippen molar-refractivity contribution >= 4 is 48.8 Å². The van der Waals surface area contributed by atoms with Crippen LogP contribution in [0.4, 0.5) is 5.69 Å². The molecule has 5 N–H and O–H groups in total. The van der Waals surface area contributed by atoms with Crippen molar-refractivity contribution in [2.75, 3.05) is 5.32 Å². The van der Waals surface area contributed by atoms with Gasteiger partial charge in [0.15, 0.2) is 0 Å². The molecule has 1 aliphatic rings. The summed E-state index contributed by atoms with van der Waals surface area (Å²) in [5, 5.41) is 14.2. The lowest BCUT2D eigenvalue weighted by Crippen LogP contribution is -2.21. The Hall–Kier alpha value is -8.60. The SMILES string of the molecule is CC1(C)c2cc(CNc3ccccc3Cc3cccc(-c4cc5ccccc5c5ccccc45)c3)ccc2-c2ccc(C(N)N)cc21.Cc1ccccc1Cc1cccc(-c2cc3ccccc3c3ccccc23)c1. The van der Waals surface area contributed by atoms with Gasteiger partial charge in [-0.15, -0.1) is 0 Å². The van der Waals surface area contributed by atoms with Crippen molar-refractivity contribution in [3.05, 3.63) is 293 Å². The van der Waals surface area contributed by atoms with E-state index in [1.165, 1.54) is 127 Å². The molecular weight excluding hydrogens is 907 g/mol. The quantitative estimate of drug-likeness (QED) is 0.0945. The molecule has 13 rings (SSSR count). The summed E-state index contributed by atoms with van der Waals surface area (Å²) in [5.74, 6) is 0. The second-order valence-corrected chi connectivity index (χ2v) is 20.9. The van der Waals surface area contributed by atoms with Crippen molar-refractivity contribution < 1.29 is 0 Å². The Kier molecular flexibility index (Phi) is 12.7. The Labute approximate surface area is 441 Å². The molecule has 12 aromatic carbocycles. The summed E-state index contributed by atoms with van der Waals surface area (Å²) in [5.41, 5.74) is 32.3. The third-order valence-electron chi connectivity index (χ3n) is 15.7. The van der Waals surface area contributed by atoms with Crippen LogP contribution in [0.1, 0.15) is 70.1 Å². The van der Waals surface area contributed by atoms with Gasteiger partial charge in [0.2, 0.25) is 0 Å². The molecule has 3 nitrogen and oxygen atoms in total. The van der Waals surface area contributed by atoms with Crippen molar-refractivity contribution in [1.82, 2.24) is 0 Å². The van der Waals surface area contributed by atoms with Crippen LogP contribution in [0.25, 0.3) is 76.5 Å². The van der Waals surface area contributed by atoms with Crippen LogP contribution in [0.3, 0.4) is 0 Å². The van der Waals surface area contributed by atoms with E-state index < -0.39 is 6.17 Å². The van der Waals surface area contributed by atoms with Gasteiger partial charge in [-0.1, -0.05) is 238 Å². The van der Waals surface area contributed by atoms with E-state index >= 15 is 0 Å². The van der Waals surface area contributed by atoms with Gasteiger partial charge in [-0.3, -0.25) is 0 Å². The topological polar surface area (TPSA) is 64.1 Å². The van der Waals surface area contributed by atoms with Gasteiger partial charge in [0.25, 0.3) is 0 Å². The van der Waals surface area contributed by atoms with Gasteiger partial charge in [0.1, 0.15) is 0 Å². The van der Waals surface area contributed by atoms with E-state index in [0.717, 1.165) is 24.9 Å². The number of rotatable bonds is 10. The lowest BCUT2D eigenvalue weighted by atomic mass is 9.81. The van der Waals surface area contributed by atoms with Crippen molar-refractivity contribution in [2.45, 2.75) is 51.7 Å². The maximum atomic E-state index is 6.02. The Morgan fingerprint density at radius 3 is 1.45 bits per heavy atom. The minimum atomic E-state index is -0.472. The molecule has 0 atom stereocenters. The summed E-state index contributed by atoms with van der Waals surface area (Å²) in [6.45, 7) is 7.53. The molecule has 0 aliphatic heterocycles. The van der Waals surface area contributed by atoms with Crippen molar-refractivity contribution in [3.8, 4) is 33.4 Å². The maximum absolute atomic E-state index is 6.02. The van der Waals surface area contributed by atoms with Crippen molar-refractivity contribution in [1.29, 1.82) is 0 Å². The summed E-state index contributed by atoms with van der Waals surface area (Å²) in [4.78, 5) is 0. The average Bonchev–Trinajstić information content (AvgIpc) is 3.70. The molecule has 1 aliphatic carbocycles. The largest absolute Gasteiger partial charge is 0.381 e. The number of nitrogens with two attached hydrogens (primary N) is 2. The van der Waals surface area contributed by atoms with Crippen molar-refractivity contribution in [3.63, 3.8) is 0 Å². The van der Waals surface area contributed by atoms with Crippen LogP contribution >= 0.6 is 0 Å². The Balaban J connectivity index is 0.000000173. The number of nitrogens with one attached hydrogen (secondary N) is 1. The summed E-state index contributed by atoms with van der Waals surface area (Å²) in [7, 11) is 0. The number of anilines is 1. The fraction of sp³-hybridized carbons (Fsp3) is 0.111. The smallest absolute Gasteiger partial charge is 0.0784 e. The van der Waals surface area contributed by atoms with Gasteiger partial charge in [-0.05, 0) is 165 Å². The van der Waals surface area contributed by atoms with Gasteiger partial charge < -0.3 is 16.8 Å². The van der Waals surface area contributed by atoms with Crippen LogP contribution in [0, 0.1) is 6.92 Å². The van der Waals surface area contributed by atoms with Gasteiger partial charge >= 0.3 is 0 Å². The number of fused-ring (bicyclic) bond motifs is 9. The highest BCUT2D eigenvalue weighted by molar-refractivity contribution is 6.15. The molecule has 0 heterocycles. The lowest BCUT2D eigenvalue weighted by Gasteiger charge is -2.23. The van der Waals surface area contributed by atoms with E-state index in [9.17, 15) is 0 Å². The molecule has 0 aromatic heterocycles. The predicted octanol–water partition coefficient (Wildman–Crippen LogP) is 17.6. The minimum absolute atomic E-state index is 0.120. The van der Waals surface area contributed by atoms with Crippen LogP contribution in [0.5, 0.6) is 0 Å². The van der Waals surface area contributed by atoms with Crippen LogP contribution in [0.2, 0.25) is 0 Å². The highest BCUT2D eigenvalue weighted by atomic mass is 14.9. The third kappa shape index (κ3) is 9.27. The first-order valence-corrected chi connectivity index (χ1v) is 26.3. The summed E-state index contributed by atoms with van der Waals surface area (Å²) in [6, 6.07) is 88.2. The Morgan fingerprint density at radius 1 is 0.387 bits per heavy atom. The maximum Gasteiger partial charge on any atom is 0.0784 e. The molecule has 3 heteroatoms. The zero-order valence-electron chi connectivity index (χ0n) is 42.9. The van der Waals surface area contributed by atoms with Gasteiger partial charge in [0.05, 0.1) is 6.17 Å². The number of aryl methyl sites for hydroxylation is 1. The Morgan fingerprint density at radius 2 is 0.867 bits per heavy atom. The van der Waals surface area contributed by atoms with Crippen LogP contribution in [-0.2, 0) is 24.8 Å². The normalized spacial score (nSPS) is 12.5. The second kappa shape index (κ2) is 20.0. The molecule has 0 spiro atoms. The zero-order valence-corrected chi connectivity index (χ0v) is 42.9. The molecule has 0 saturated heterocycles. The van der Waals surface area contributed by atoms with E-state index in [1.54, 1.807) is 0 Å². The molecule has 0 bridgehead atoms.